The third-order valence-corrected chi connectivity index (χ3v) is 3.83. The van der Waals surface area contributed by atoms with Crippen molar-refractivity contribution in [2.75, 3.05) is 25.1 Å². The fourth-order valence-corrected chi connectivity index (χ4v) is 2.68. The molecule has 0 radical (unpaired) electrons. The number of methoxy groups -OCH3 is 1. The van der Waals surface area contributed by atoms with Crippen molar-refractivity contribution in [3.8, 4) is 5.75 Å². The van der Waals surface area contributed by atoms with Gasteiger partial charge in [-0.1, -0.05) is 18.5 Å². The number of ether oxygens (including phenoxy) is 1. The van der Waals surface area contributed by atoms with Crippen LogP contribution in [0.5, 0.6) is 5.75 Å². The van der Waals surface area contributed by atoms with Gasteiger partial charge < -0.3 is 9.64 Å². The van der Waals surface area contributed by atoms with Crippen LogP contribution in [0, 0.1) is 16.0 Å². The molecule has 0 atom stereocenters. The highest BCUT2D eigenvalue weighted by Gasteiger charge is 2.24. The molecule has 0 amide bonds. The van der Waals surface area contributed by atoms with E-state index in [1.165, 1.54) is 19.2 Å². The van der Waals surface area contributed by atoms with Crippen molar-refractivity contribution >= 4 is 23.0 Å². The van der Waals surface area contributed by atoms with Crippen LogP contribution in [0.3, 0.4) is 0 Å². The molecular formula is C13H17ClN2O3. The highest BCUT2D eigenvalue weighted by Crippen LogP contribution is 2.40. The summed E-state index contributed by atoms with van der Waals surface area (Å²) in [5.41, 5.74) is 0.720. The van der Waals surface area contributed by atoms with E-state index >= 15 is 0 Å². The Bertz CT molecular complexity index is 485. The molecule has 1 fully saturated rings. The van der Waals surface area contributed by atoms with Crippen molar-refractivity contribution in [3.63, 3.8) is 0 Å². The smallest absolute Gasteiger partial charge is 0.274 e. The lowest BCUT2D eigenvalue weighted by atomic mass is 9.98. The van der Waals surface area contributed by atoms with Gasteiger partial charge in [0.05, 0.1) is 28.8 Å². The van der Waals surface area contributed by atoms with Crippen LogP contribution in [0.15, 0.2) is 12.1 Å². The zero-order valence-electron chi connectivity index (χ0n) is 11.1. The Morgan fingerprint density at radius 3 is 2.58 bits per heavy atom. The van der Waals surface area contributed by atoms with Gasteiger partial charge in [0.2, 0.25) is 0 Å². The van der Waals surface area contributed by atoms with E-state index < -0.39 is 4.92 Å². The lowest BCUT2D eigenvalue weighted by Gasteiger charge is -2.33. The quantitative estimate of drug-likeness (QED) is 0.630. The third-order valence-electron chi connectivity index (χ3n) is 3.54. The van der Waals surface area contributed by atoms with Gasteiger partial charge in [-0.2, -0.15) is 0 Å². The molecule has 0 N–H and O–H groups in total. The number of nitrogens with zero attached hydrogens (tertiary/aromatic N) is 2. The van der Waals surface area contributed by atoms with Crippen LogP contribution < -0.4 is 9.64 Å². The predicted octanol–water partition coefficient (Wildman–Crippen LogP) is 3.49. The number of hydrogen-bond acceptors (Lipinski definition) is 4. The molecule has 0 spiro atoms. The van der Waals surface area contributed by atoms with E-state index in [2.05, 4.69) is 11.8 Å². The van der Waals surface area contributed by atoms with E-state index in [1.807, 2.05) is 0 Å². The van der Waals surface area contributed by atoms with Gasteiger partial charge in [-0.3, -0.25) is 10.1 Å². The van der Waals surface area contributed by atoms with E-state index in [4.69, 9.17) is 16.3 Å². The summed E-state index contributed by atoms with van der Waals surface area (Å²) in [6.45, 7) is 4.02. The maximum Gasteiger partial charge on any atom is 0.274 e. The first-order valence-electron chi connectivity index (χ1n) is 6.29. The van der Waals surface area contributed by atoms with Gasteiger partial charge >= 0.3 is 0 Å². The first-order chi connectivity index (χ1) is 9.02. The molecule has 1 saturated heterocycles. The van der Waals surface area contributed by atoms with E-state index in [0.29, 0.717) is 16.7 Å². The lowest BCUT2D eigenvalue weighted by Crippen LogP contribution is -2.33. The standard InChI is InChI=1S/C13H17ClN2O3/c1-9-3-5-15(6-4-9)13-11(14)7-10(16(17)18)8-12(13)19-2/h7-9H,3-6H2,1-2H3. The highest BCUT2D eigenvalue weighted by molar-refractivity contribution is 6.34. The SMILES string of the molecule is COc1cc([N+](=O)[O-])cc(Cl)c1N1CCC(C)CC1. The summed E-state index contributed by atoms with van der Waals surface area (Å²) in [4.78, 5) is 12.5. The number of non-ortho nitro benzene ring substituents is 1. The number of nitro benzene ring substituents is 1. The first kappa shape index (κ1) is 13.9. The monoisotopic (exact) mass is 284 g/mol. The van der Waals surface area contributed by atoms with Gasteiger partial charge in [-0.05, 0) is 18.8 Å². The Kier molecular flexibility index (Phi) is 4.14. The normalized spacial score (nSPS) is 16.5. The Morgan fingerprint density at radius 2 is 2.05 bits per heavy atom. The van der Waals surface area contributed by atoms with Crippen molar-refractivity contribution in [1.82, 2.24) is 0 Å². The number of nitro groups is 1. The lowest BCUT2D eigenvalue weighted by molar-refractivity contribution is -0.384. The molecule has 5 nitrogen and oxygen atoms in total. The molecule has 0 aliphatic carbocycles. The zero-order chi connectivity index (χ0) is 14.0. The van der Waals surface area contributed by atoms with Crippen LogP contribution in [0.25, 0.3) is 0 Å². The minimum absolute atomic E-state index is 0.0454. The molecular weight excluding hydrogens is 268 g/mol. The van der Waals surface area contributed by atoms with Crippen LogP contribution in [0.2, 0.25) is 5.02 Å². The number of anilines is 1. The molecule has 0 aromatic heterocycles. The second kappa shape index (κ2) is 5.65. The largest absolute Gasteiger partial charge is 0.494 e. The topological polar surface area (TPSA) is 55.6 Å². The van der Waals surface area contributed by atoms with E-state index in [1.54, 1.807) is 0 Å². The Balaban J connectivity index is 2.36. The summed E-state index contributed by atoms with van der Waals surface area (Å²) in [6.07, 6.45) is 2.19. The maximum absolute atomic E-state index is 10.8. The highest BCUT2D eigenvalue weighted by atomic mass is 35.5. The van der Waals surface area contributed by atoms with Crippen molar-refractivity contribution in [3.05, 3.63) is 27.3 Å². The van der Waals surface area contributed by atoms with Gasteiger partial charge in [0.15, 0.2) is 5.75 Å². The molecule has 19 heavy (non-hydrogen) atoms. The van der Waals surface area contributed by atoms with Crippen molar-refractivity contribution in [2.45, 2.75) is 19.8 Å². The molecule has 1 aliphatic heterocycles. The minimum Gasteiger partial charge on any atom is -0.494 e. The Morgan fingerprint density at radius 1 is 1.42 bits per heavy atom. The molecule has 0 saturated carbocycles. The number of hydrogen-bond donors (Lipinski definition) is 0. The fourth-order valence-electron chi connectivity index (χ4n) is 2.36. The molecule has 0 bridgehead atoms. The van der Waals surface area contributed by atoms with Gasteiger partial charge in [0.25, 0.3) is 5.69 Å². The van der Waals surface area contributed by atoms with Crippen LogP contribution in [-0.4, -0.2) is 25.1 Å². The molecule has 0 unspecified atom stereocenters. The van der Waals surface area contributed by atoms with E-state index in [9.17, 15) is 10.1 Å². The van der Waals surface area contributed by atoms with E-state index in [-0.39, 0.29) is 5.69 Å². The van der Waals surface area contributed by atoms with Crippen LogP contribution >= 0.6 is 11.6 Å². The molecule has 1 heterocycles. The number of piperidine rings is 1. The zero-order valence-corrected chi connectivity index (χ0v) is 11.8. The molecule has 1 aliphatic rings. The molecule has 2 rings (SSSR count). The Labute approximate surface area is 117 Å². The second-order valence-corrected chi connectivity index (χ2v) is 5.31. The number of benzene rings is 1. The van der Waals surface area contributed by atoms with Gasteiger partial charge in [-0.15, -0.1) is 0 Å². The fraction of sp³-hybridized carbons (Fsp3) is 0.538. The first-order valence-corrected chi connectivity index (χ1v) is 6.67. The Hall–Kier alpha value is -1.49. The number of rotatable bonds is 3. The molecule has 1 aromatic rings. The summed E-state index contributed by atoms with van der Waals surface area (Å²) in [6, 6.07) is 2.82. The van der Waals surface area contributed by atoms with Gasteiger partial charge in [0.1, 0.15) is 0 Å². The number of halogens is 1. The van der Waals surface area contributed by atoms with Crippen molar-refractivity contribution < 1.29 is 9.66 Å². The molecule has 6 heteroatoms. The van der Waals surface area contributed by atoms with Crippen molar-refractivity contribution in [2.24, 2.45) is 5.92 Å². The summed E-state index contributed by atoms with van der Waals surface area (Å²) in [7, 11) is 1.51. The van der Waals surface area contributed by atoms with Crippen LogP contribution in [-0.2, 0) is 0 Å². The van der Waals surface area contributed by atoms with Crippen molar-refractivity contribution in [1.29, 1.82) is 0 Å². The van der Waals surface area contributed by atoms with Gasteiger partial charge in [0, 0.05) is 19.2 Å². The van der Waals surface area contributed by atoms with Gasteiger partial charge in [-0.25, -0.2) is 0 Å². The summed E-state index contributed by atoms with van der Waals surface area (Å²) in [5.74, 6) is 1.17. The summed E-state index contributed by atoms with van der Waals surface area (Å²) in [5, 5.41) is 11.2. The summed E-state index contributed by atoms with van der Waals surface area (Å²) >= 11 is 6.20. The van der Waals surface area contributed by atoms with Crippen LogP contribution in [0.1, 0.15) is 19.8 Å². The second-order valence-electron chi connectivity index (χ2n) is 4.91. The molecule has 104 valence electrons. The molecule has 1 aromatic carbocycles. The maximum atomic E-state index is 10.8. The average Bonchev–Trinajstić information content (AvgIpc) is 2.39. The predicted molar refractivity (Wildman–Crippen MR) is 75.3 cm³/mol. The minimum atomic E-state index is -0.462. The van der Waals surface area contributed by atoms with Crippen LogP contribution in [0.4, 0.5) is 11.4 Å². The summed E-state index contributed by atoms with van der Waals surface area (Å²) < 4.78 is 5.27. The van der Waals surface area contributed by atoms with E-state index in [0.717, 1.165) is 31.6 Å². The third kappa shape index (κ3) is 2.92. The average molecular weight is 285 g/mol.